The van der Waals surface area contributed by atoms with Gasteiger partial charge in [-0.3, -0.25) is 4.98 Å². The Kier molecular flexibility index (Phi) is 4.15. The Morgan fingerprint density at radius 2 is 2.08 bits per heavy atom. The number of anilines is 1. The molecule has 0 spiro atoms. The summed E-state index contributed by atoms with van der Waals surface area (Å²) >= 11 is 0. The van der Waals surface area contributed by atoms with Crippen molar-refractivity contribution < 1.29 is 0 Å². The van der Waals surface area contributed by atoms with Crippen LogP contribution in [0.15, 0.2) is 30.6 Å². The summed E-state index contributed by atoms with van der Waals surface area (Å²) in [4.78, 5) is 7.42. The average Bonchev–Trinajstić information content (AvgIpc) is 3.07. The lowest BCUT2D eigenvalue weighted by molar-refractivity contribution is 0.480. The molecule has 1 saturated heterocycles. The second-order valence-corrected chi connectivity index (χ2v) is 6.99. The monoisotopic (exact) mass is 335 g/mol. The van der Waals surface area contributed by atoms with Crippen LogP contribution in [0.25, 0.3) is 10.9 Å². The van der Waals surface area contributed by atoms with Crippen molar-refractivity contribution in [3.8, 4) is 0 Å². The smallest absolute Gasteiger partial charge is 0.137 e. The molecule has 0 radical (unpaired) electrons. The van der Waals surface area contributed by atoms with E-state index in [1.807, 2.05) is 7.05 Å². The number of rotatable bonds is 3. The number of nitrogens with zero attached hydrogens (tertiary/aromatic N) is 5. The first-order valence-corrected chi connectivity index (χ1v) is 9.16. The molecular weight excluding hydrogens is 310 g/mol. The minimum Gasteiger partial charge on any atom is -0.370 e. The topological polar surface area (TPSA) is 46.8 Å². The summed E-state index contributed by atoms with van der Waals surface area (Å²) in [5, 5.41) is 9.69. The van der Waals surface area contributed by atoms with Crippen LogP contribution in [0.1, 0.15) is 42.8 Å². The second-order valence-electron chi connectivity index (χ2n) is 6.99. The zero-order valence-corrected chi connectivity index (χ0v) is 15.2. The van der Waals surface area contributed by atoms with Crippen molar-refractivity contribution >= 4 is 16.6 Å². The van der Waals surface area contributed by atoms with Gasteiger partial charge in [-0.2, -0.15) is 0 Å². The third-order valence-corrected chi connectivity index (χ3v) is 5.39. The van der Waals surface area contributed by atoms with Crippen LogP contribution in [-0.4, -0.2) is 32.8 Å². The highest BCUT2D eigenvalue weighted by Gasteiger charge is 2.27. The van der Waals surface area contributed by atoms with Gasteiger partial charge in [-0.05, 0) is 37.8 Å². The van der Waals surface area contributed by atoms with E-state index < -0.39 is 0 Å². The quantitative estimate of drug-likeness (QED) is 0.733. The van der Waals surface area contributed by atoms with E-state index >= 15 is 0 Å². The standard InChI is InChI=1S/C20H25N5/c1-4-17-14(2)19(16-9-5-6-10-18(16)22-17)25-11-7-8-15(12-25)20-23-21-13-24(20)3/h5-6,9-10,13,15H,4,7-8,11-12H2,1-3H3/t15-/m0/s1. The molecule has 2 aromatic heterocycles. The molecule has 0 bridgehead atoms. The number of fused-ring (bicyclic) bond motifs is 1. The summed E-state index contributed by atoms with van der Waals surface area (Å²) in [5.74, 6) is 1.52. The lowest BCUT2D eigenvalue weighted by Crippen LogP contribution is -2.36. The van der Waals surface area contributed by atoms with Crippen molar-refractivity contribution in [3.63, 3.8) is 0 Å². The lowest BCUT2D eigenvalue weighted by atomic mass is 9.95. The van der Waals surface area contributed by atoms with Gasteiger partial charge in [0.2, 0.25) is 0 Å². The van der Waals surface area contributed by atoms with Crippen LogP contribution in [0.5, 0.6) is 0 Å². The molecule has 1 aromatic carbocycles. The average molecular weight is 335 g/mol. The molecule has 25 heavy (non-hydrogen) atoms. The van der Waals surface area contributed by atoms with Gasteiger partial charge in [-0.25, -0.2) is 0 Å². The van der Waals surface area contributed by atoms with E-state index in [0.717, 1.165) is 30.9 Å². The van der Waals surface area contributed by atoms with Gasteiger partial charge in [0.05, 0.1) is 11.2 Å². The molecule has 3 heterocycles. The lowest BCUT2D eigenvalue weighted by Gasteiger charge is -2.36. The number of benzene rings is 1. The van der Waals surface area contributed by atoms with Crippen LogP contribution >= 0.6 is 0 Å². The van der Waals surface area contributed by atoms with Crippen LogP contribution in [0, 0.1) is 6.92 Å². The maximum absolute atomic E-state index is 4.88. The normalized spacial score (nSPS) is 18.0. The van der Waals surface area contributed by atoms with Crippen molar-refractivity contribution in [1.29, 1.82) is 0 Å². The Bertz CT molecular complexity index is 898. The minimum atomic E-state index is 0.428. The van der Waals surface area contributed by atoms with Gasteiger partial charge in [0.1, 0.15) is 12.2 Å². The van der Waals surface area contributed by atoms with Crippen LogP contribution in [0.4, 0.5) is 5.69 Å². The Morgan fingerprint density at radius 3 is 2.84 bits per heavy atom. The van der Waals surface area contributed by atoms with E-state index in [2.05, 4.69) is 57.8 Å². The largest absolute Gasteiger partial charge is 0.370 e. The molecule has 0 aliphatic carbocycles. The first-order chi connectivity index (χ1) is 12.2. The van der Waals surface area contributed by atoms with E-state index in [4.69, 9.17) is 4.98 Å². The molecule has 0 saturated carbocycles. The Hall–Kier alpha value is -2.43. The summed E-state index contributed by atoms with van der Waals surface area (Å²) in [6.45, 7) is 6.49. The Labute approximate surface area is 148 Å². The molecule has 3 aromatic rings. The maximum Gasteiger partial charge on any atom is 0.137 e. The number of aromatic nitrogens is 4. The minimum absolute atomic E-state index is 0.428. The van der Waals surface area contributed by atoms with Crippen molar-refractivity contribution in [1.82, 2.24) is 19.7 Å². The molecule has 0 N–H and O–H groups in total. The molecule has 5 heteroatoms. The van der Waals surface area contributed by atoms with Crippen molar-refractivity contribution in [2.45, 2.75) is 39.0 Å². The van der Waals surface area contributed by atoms with Gasteiger partial charge in [0.25, 0.3) is 0 Å². The summed E-state index contributed by atoms with van der Waals surface area (Å²) in [7, 11) is 2.04. The molecule has 130 valence electrons. The van der Waals surface area contributed by atoms with Gasteiger partial charge < -0.3 is 9.47 Å². The fourth-order valence-corrected chi connectivity index (χ4v) is 4.14. The molecule has 5 nitrogen and oxygen atoms in total. The molecule has 0 amide bonds. The highest BCUT2D eigenvalue weighted by atomic mass is 15.3. The zero-order valence-electron chi connectivity index (χ0n) is 15.2. The number of para-hydroxylation sites is 1. The summed E-state index contributed by atoms with van der Waals surface area (Å²) in [6.07, 6.45) is 5.11. The van der Waals surface area contributed by atoms with Crippen molar-refractivity contribution in [2.24, 2.45) is 7.05 Å². The third kappa shape index (κ3) is 2.77. The summed E-state index contributed by atoms with van der Waals surface area (Å²) < 4.78 is 2.06. The van der Waals surface area contributed by atoms with Gasteiger partial charge in [0.15, 0.2) is 0 Å². The fourth-order valence-electron chi connectivity index (χ4n) is 4.14. The molecule has 0 unspecified atom stereocenters. The van der Waals surface area contributed by atoms with Gasteiger partial charge in [-0.15, -0.1) is 10.2 Å². The van der Waals surface area contributed by atoms with E-state index in [9.17, 15) is 0 Å². The van der Waals surface area contributed by atoms with Crippen LogP contribution in [0.2, 0.25) is 0 Å². The van der Waals surface area contributed by atoms with Crippen LogP contribution in [-0.2, 0) is 13.5 Å². The van der Waals surface area contributed by atoms with Crippen LogP contribution in [0.3, 0.4) is 0 Å². The molecule has 1 aliphatic heterocycles. The van der Waals surface area contributed by atoms with E-state index in [1.54, 1.807) is 6.33 Å². The number of hydrogen-bond acceptors (Lipinski definition) is 4. The number of hydrogen-bond donors (Lipinski definition) is 0. The first-order valence-electron chi connectivity index (χ1n) is 9.16. The zero-order chi connectivity index (χ0) is 17.4. The fraction of sp³-hybridized carbons (Fsp3) is 0.450. The van der Waals surface area contributed by atoms with E-state index in [0.29, 0.717) is 5.92 Å². The van der Waals surface area contributed by atoms with Crippen molar-refractivity contribution in [3.05, 3.63) is 47.7 Å². The SMILES string of the molecule is CCc1nc2ccccc2c(N2CCC[C@H](c3nncn3C)C2)c1C. The molecule has 1 atom stereocenters. The second kappa shape index (κ2) is 6.47. The Morgan fingerprint density at radius 1 is 1.24 bits per heavy atom. The number of piperidine rings is 1. The highest BCUT2D eigenvalue weighted by Crippen LogP contribution is 2.36. The van der Waals surface area contributed by atoms with Crippen LogP contribution < -0.4 is 4.90 Å². The Balaban J connectivity index is 1.78. The maximum atomic E-state index is 4.88. The summed E-state index contributed by atoms with van der Waals surface area (Å²) in [6, 6.07) is 8.52. The van der Waals surface area contributed by atoms with Gasteiger partial charge in [-0.1, -0.05) is 25.1 Å². The van der Waals surface area contributed by atoms with E-state index in [-0.39, 0.29) is 0 Å². The number of pyridine rings is 1. The first kappa shape index (κ1) is 16.1. The van der Waals surface area contributed by atoms with E-state index in [1.165, 1.54) is 35.2 Å². The predicted octanol–water partition coefficient (Wildman–Crippen LogP) is 3.62. The highest BCUT2D eigenvalue weighted by molar-refractivity contribution is 5.94. The summed E-state index contributed by atoms with van der Waals surface area (Å²) in [5.41, 5.74) is 4.98. The predicted molar refractivity (Wildman–Crippen MR) is 101 cm³/mol. The number of aryl methyl sites for hydroxylation is 2. The molecule has 4 rings (SSSR count). The molecule has 1 aliphatic rings. The third-order valence-electron chi connectivity index (χ3n) is 5.39. The molecular formula is C20H25N5. The molecule has 1 fully saturated rings. The van der Waals surface area contributed by atoms with Gasteiger partial charge in [0, 0.05) is 37.1 Å². The van der Waals surface area contributed by atoms with Crippen molar-refractivity contribution in [2.75, 3.05) is 18.0 Å². The van der Waals surface area contributed by atoms with Gasteiger partial charge >= 0.3 is 0 Å².